The summed E-state index contributed by atoms with van der Waals surface area (Å²) in [6, 6.07) is 8.94. The zero-order valence-corrected chi connectivity index (χ0v) is 14.1. The summed E-state index contributed by atoms with van der Waals surface area (Å²) in [5, 5.41) is 3.74. The molecule has 0 saturated carbocycles. The SMILES string of the molecule is CCC(=O)N1CC[C@@H](N[C@H](c2ccc(OC)cc2)C(C)C)C1. The predicted molar refractivity (Wildman–Crippen MR) is 89.0 cm³/mol. The quantitative estimate of drug-likeness (QED) is 0.878. The van der Waals surface area contributed by atoms with Gasteiger partial charge in [-0.15, -0.1) is 0 Å². The molecule has 1 amide bonds. The van der Waals surface area contributed by atoms with Crippen molar-refractivity contribution in [1.82, 2.24) is 10.2 Å². The zero-order chi connectivity index (χ0) is 16.1. The number of carbonyl (C=O) groups is 1. The predicted octanol–water partition coefficient (Wildman–Crippen LogP) is 2.99. The van der Waals surface area contributed by atoms with Gasteiger partial charge >= 0.3 is 0 Å². The summed E-state index contributed by atoms with van der Waals surface area (Å²) in [6.07, 6.45) is 1.63. The van der Waals surface area contributed by atoms with E-state index in [-0.39, 0.29) is 5.91 Å². The largest absolute Gasteiger partial charge is 0.497 e. The number of hydrogen-bond donors (Lipinski definition) is 1. The van der Waals surface area contributed by atoms with Crippen LogP contribution < -0.4 is 10.1 Å². The van der Waals surface area contributed by atoms with Crippen molar-refractivity contribution in [3.8, 4) is 5.75 Å². The lowest BCUT2D eigenvalue weighted by atomic mass is 9.95. The van der Waals surface area contributed by atoms with Crippen molar-refractivity contribution in [1.29, 1.82) is 0 Å². The molecule has 1 aromatic carbocycles. The van der Waals surface area contributed by atoms with Gasteiger partial charge in [0, 0.05) is 31.6 Å². The van der Waals surface area contributed by atoms with Crippen LogP contribution in [0.5, 0.6) is 5.75 Å². The minimum atomic E-state index is 0.259. The van der Waals surface area contributed by atoms with E-state index in [9.17, 15) is 4.79 Å². The van der Waals surface area contributed by atoms with Gasteiger partial charge < -0.3 is 15.0 Å². The zero-order valence-electron chi connectivity index (χ0n) is 14.1. The molecule has 1 aliphatic rings. The Labute approximate surface area is 133 Å². The van der Waals surface area contributed by atoms with E-state index in [0.717, 1.165) is 25.3 Å². The fourth-order valence-electron chi connectivity index (χ4n) is 3.09. The van der Waals surface area contributed by atoms with Crippen LogP contribution in [0.2, 0.25) is 0 Å². The number of hydrogen-bond acceptors (Lipinski definition) is 3. The van der Waals surface area contributed by atoms with Crippen LogP contribution in [0, 0.1) is 5.92 Å². The maximum Gasteiger partial charge on any atom is 0.222 e. The summed E-state index contributed by atoms with van der Waals surface area (Å²) in [6.45, 7) is 8.08. The Bertz CT molecular complexity index is 484. The van der Waals surface area contributed by atoms with Gasteiger partial charge in [-0.3, -0.25) is 4.79 Å². The molecule has 1 heterocycles. The maximum absolute atomic E-state index is 11.8. The Morgan fingerprint density at radius 2 is 2.05 bits per heavy atom. The minimum Gasteiger partial charge on any atom is -0.497 e. The van der Waals surface area contributed by atoms with Crippen molar-refractivity contribution < 1.29 is 9.53 Å². The van der Waals surface area contributed by atoms with Gasteiger partial charge in [-0.05, 0) is 30.0 Å². The Balaban J connectivity index is 2.02. The Kier molecular flexibility index (Phi) is 5.83. The first-order valence-electron chi connectivity index (χ1n) is 8.23. The van der Waals surface area contributed by atoms with E-state index < -0.39 is 0 Å². The fourth-order valence-corrected chi connectivity index (χ4v) is 3.09. The number of amides is 1. The van der Waals surface area contributed by atoms with Crippen molar-refractivity contribution in [2.24, 2.45) is 5.92 Å². The molecular formula is C18H28N2O2. The second kappa shape index (κ2) is 7.63. The van der Waals surface area contributed by atoms with Crippen LogP contribution in [-0.4, -0.2) is 37.0 Å². The van der Waals surface area contributed by atoms with Crippen LogP contribution in [0.1, 0.15) is 45.2 Å². The number of methoxy groups -OCH3 is 1. The smallest absolute Gasteiger partial charge is 0.222 e. The van der Waals surface area contributed by atoms with Crippen LogP contribution >= 0.6 is 0 Å². The van der Waals surface area contributed by atoms with Crippen molar-refractivity contribution in [2.45, 2.75) is 45.7 Å². The molecule has 122 valence electrons. The second-order valence-corrected chi connectivity index (χ2v) is 6.34. The molecule has 1 aromatic rings. The van der Waals surface area contributed by atoms with Gasteiger partial charge in [-0.25, -0.2) is 0 Å². The highest BCUT2D eigenvalue weighted by molar-refractivity contribution is 5.76. The van der Waals surface area contributed by atoms with Crippen molar-refractivity contribution in [2.75, 3.05) is 20.2 Å². The monoisotopic (exact) mass is 304 g/mol. The number of likely N-dealkylation sites (tertiary alicyclic amines) is 1. The van der Waals surface area contributed by atoms with Crippen LogP contribution in [0.4, 0.5) is 0 Å². The molecule has 0 aliphatic carbocycles. The molecular weight excluding hydrogens is 276 g/mol. The van der Waals surface area contributed by atoms with E-state index >= 15 is 0 Å². The summed E-state index contributed by atoms with van der Waals surface area (Å²) < 4.78 is 5.23. The van der Waals surface area contributed by atoms with E-state index in [0.29, 0.717) is 24.4 Å². The van der Waals surface area contributed by atoms with E-state index in [2.05, 4.69) is 31.3 Å². The number of nitrogens with one attached hydrogen (secondary N) is 1. The molecule has 2 rings (SSSR count). The molecule has 0 radical (unpaired) electrons. The highest BCUT2D eigenvalue weighted by Crippen LogP contribution is 2.26. The summed E-state index contributed by atoms with van der Waals surface area (Å²) in [7, 11) is 1.69. The number of ether oxygens (including phenoxy) is 1. The van der Waals surface area contributed by atoms with Crippen molar-refractivity contribution in [3.63, 3.8) is 0 Å². The number of nitrogens with zero attached hydrogens (tertiary/aromatic N) is 1. The minimum absolute atomic E-state index is 0.259. The fraction of sp³-hybridized carbons (Fsp3) is 0.611. The van der Waals surface area contributed by atoms with Gasteiger partial charge in [0.2, 0.25) is 5.91 Å². The first kappa shape index (κ1) is 16.8. The molecule has 0 spiro atoms. The summed E-state index contributed by atoms with van der Waals surface area (Å²) in [4.78, 5) is 13.8. The highest BCUT2D eigenvalue weighted by Gasteiger charge is 2.28. The van der Waals surface area contributed by atoms with Crippen LogP contribution in [0.15, 0.2) is 24.3 Å². The lowest BCUT2D eigenvalue weighted by Gasteiger charge is -2.27. The number of carbonyl (C=O) groups excluding carboxylic acids is 1. The number of benzene rings is 1. The van der Waals surface area contributed by atoms with E-state index in [1.165, 1.54) is 5.56 Å². The molecule has 0 aromatic heterocycles. The number of rotatable bonds is 6. The van der Waals surface area contributed by atoms with Gasteiger partial charge in [-0.2, -0.15) is 0 Å². The third-order valence-corrected chi connectivity index (χ3v) is 4.40. The van der Waals surface area contributed by atoms with Gasteiger partial charge in [0.15, 0.2) is 0 Å². The normalized spacial score (nSPS) is 19.5. The van der Waals surface area contributed by atoms with Crippen LogP contribution in [0.25, 0.3) is 0 Å². The molecule has 4 heteroatoms. The van der Waals surface area contributed by atoms with E-state index in [4.69, 9.17) is 4.74 Å². The Hall–Kier alpha value is -1.55. The van der Waals surface area contributed by atoms with Gasteiger partial charge in [0.25, 0.3) is 0 Å². The van der Waals surface area contributed by atoms with Crippen molar-refractivity contribution in [3.05, 3.63) is 29.8 Å². The van der Waals surface area contributed by atoms with Crippen molar-refractivity contribution >= 4 is 5.91 Å². The lowest BCUT2D eigenvalue weighted by Crippen LogP contribution is -2.38. The Morgan fingerprint density at radius 3 is 2.59 bits per heavy atom. The average Bonchev–Trinajstić information content (AvgIpc) is 3.00. The summed E-state index contributed by atoms with van der Waals surface area (Å²) >= 11 is 0. The molecule has 2 atom stereocenters. The topological polar surface area (TPSA) is 41.6 Å². The molecule has 0 bridgehead atoms. The summed E-state index contributed by atoms with van der Waals surface area (Å²) in [5.41, 5.74) is 1.27. The van der Waals surface area contributed by atoms with Gasteiger partial charge in [0.1, 0.15) is 5.75 Å². The maximum atomic E-state index is 11.8. The molecule has 4 nitrogen and oxygen atoms in total. The standard InChI is InChI=1S/C18H28N2O2/c1-5-17(21)20-11-10-15(12-20)19-18(13(2)3)14-6-8-16(22-4)9-7-14/h6-9,13,15,18-19H,5,10-12H2,1-4H3/t15-,18+/m1/s1. The molecule has 1 fully saturated rings. The molecule has 1 aliphatic heterocycles. The average molecular weight is 304 g/mol. The van der Waals surface area contributed by atoms with Gasteiger partial charge in [-0.1, -0.05) is 32.9 Å². The second-order valence-electron chi connectivity index (χ2n) is 6.34. The first-order chi connectivity index (χ1) is 10.5. The lowest BCUT2D eigenvalue weighted by molar-refractivity contribution is -0.129. The van der Waals surface area contributed by atoms with Gasteiger partial charge in [0.05, 0.1) is 7.11 Å². The van der Waals surface area contributed by atoms with E-state index in [1.807, 2.05) is 24.0 Å². The third-order valence-electron chi connectivity index (χ3n) is 4.40. The van der Waals surface area contributed by atoms with Crippen LogP contribution in [0.3, 0.4) is 0 Å². The molecule has 22 heavy (non-hydrogen) atoms. The van der Waals surface area contributed by atoms with E-state index in [1.54, 1.807) is 7.11 Å². The first-order valence-corrected chi connectivity index (χ1v) is 8.23. The summed E-state index contributed by atoms with van der Waals surface area (Å²) in [5.74, 6) is 1.63. The van der Waals surface area contributed by atoms with Crippen LogP contribution in [-0.2, 0) is 4.79 Å². The third kappa shape index (κ3) is 4.01. The molecule has 0 unspecified atom stereocenters. The molecule has 1 saturated heterocycles. The molecule has 1 N–H and O–H groups in total. The highest BCUT2D eigenvalue weighted by atomic mass is 16.5. The Morgan fingerprint density at radius 1 is 1.36 bits per heavy atom.